The van der Waals surface area contributed by atoms with E-state index < -0.39 is 0 Å². The van der Waals surface area contributed by atoms with Gasteiger partial charge in [0.1, 0.15) is 24.7 Å². The molecular weight excluding hydrogens is 338 g/mol. The molecule has 1 saturated heterocycles. The Balaban J connectivity index is 1.38. The molecule has 0 amide bonds. The number of benzene rings is 2. The van der Waals surface area contributed by atoms with Gasteiger partial charge in [-0.1, -0.05) is 11.6 Å². The number of halogens is 1. The van der Waals surface area contributed by atoms with Gasteiger partial charge in [-0.2, -0.15) is 0 Å². The van der Waals surface area contributed by atoms with Gasteiger partial charge in [0.2, 0.25) is 0 Å². The van der Waals surface area contributed by atoms with Crippen LogP contribution >= 0.6 is 11.6 Å². The Hall–Kier alpha value is -1.91. The quantitative estimate of drug-likeness (QED) is 0.692. The molecule has 0 aromatic heterocycles. The van der Waals surface area contributed by atoms with Gasteiger partial charge in [0.05, 0.1) is 6.10 Å². The summed E-state index contributed by atoms with van der Waals surface area (Å²) >= 11 is 5.95. The van der Waals surface area contributed by atoms with Crippen molar-refractivity contribution in [3.63, 3.8) is 0 Å². The van der Waals surface area contributed by atoms with Crippen molar-refractivity contribution in [3.05, 3.63) is 53.1 Å². The van der Waals surface area contributed by atoms with Gasteiger partial charge in [-0.3, -0.25) is 0 Å². The maximum absolute atomic E-state index is 5.95. The highest BCUT2D eigenvalue weighted by atomic mass is 35.5. The molecule has 134 valence electrons. The van der Waals surface area contributed by atoms with E-state index in [-0.39, 0.29) is 6.10 Å². The highest BCUT2D eigenvalue weighted by Crippen LogP contribution is 2.22. The molecule has 1 unspecified atom stereocenters. The fourth-order valence-electron chi connectivity index (χ4n) is 2.77. The van der Waals surface area contributed by atoms with E-state index in [1.54, 1.807) is 0 Å². The molecule has 0 saturated carbocycles. The predicted octanol–water partition coefficient (Wildman–Crippen LogP) is 4.70. The summed E-state index contributed by atoms with van der Waals surface area (Å²) in [6.45, 7) is 4.78. The second-order valence-electron chi connectivity index (χ2n) is 6.16. The normalized spacial score (nSPS) is 16.6. The van der Waals surface area contributed by atoms with E-state index in [0.29, 0.717) is 13.2 Å². The summed E-state index contributed by atoms with van der Waals surface area (Å²) < 4.78 is 17.1. The van der Waals surface area contributed by atoms with E-state index in [1.165, 1.54) is 0 Å². The van der Waals surface area contributed by atoms with Crippen LogP contribution < -0.4 is 14.8 Å². The Morgan fingerprint density at radius 2 is 2.00 bits per heavy atom. The molecule has 3 rings (SSSR count). The number of hydrogen-bond acceptors (Lipinski definition) is 4. The molecule has 1 N–H and O–H groups in total. The molecule has 1 atom stereocenters. The highest BCUT2D eigenvalue weighted by Gasteiger charge is 2.15. The number of anilines is 1. The Labute approximate surface area is 154 Å². The summed E-state index contributed by atoms with van der Waals surface area (Å²) in [5, 5.41) is 4.07. The third-order valence-corrected chi connectivity index (χ3v) is 4.38. The average molecular weight is 362 g/mol. The fourth-order valence-corrected chi connectivity index (χ4v) is 2.99. The molecule has 0 spiro atoms. The van der Waals surface area contributed by atoms with Crippen molar-refractivity contribution >= 4 is 17.3 Å². The van der Waals surface area contributed by atoms with Crippen molar-refractivity contribution in [1.29, 1.82) is 0 Å². The summed E-state index contributed by atoms with van der Waals surface area (Å²) in [6, 6.07) is 13.6. The van der Waals surface area contributed by atoms with Crippen LogP contribution in [0, 0.1) is 6.92 Å². The van der Waals surface area contributed by atoms with Crippen LogP contribution in [0.2, 0.25) is 5.02 Å². The molecule has 5 heteroatoms. The SMILES string of the molecule is Cc1cc(Cl)ccc1OCCNc1ccc(OCC2CCCO2)cc1. The van der Waals surface area contributed by atoms with E-state index in [9.17, 15) is 0 Å². The lowest BCUT2D eigenvalue weighted by Gasteiger charge is -2.13. The Bertz CT molecular complexity index is 669. The molecule has 4 nitrogen and oxygen atoms in total. The third-order valence-electron chi connectivity index (χ3n) is 4.14. The maximum atomic E-state index is 5.95. The number of rotatable bonds is 8. The Morgan fingerprint density at radius 3 is 2.72 bits per heavy atom. The van der Waals surface area contributed by atoms with Crippen LogP contribution in [0.5, 0.6) is 11.5 Å². The first kappa shape index (κ1) is 17.9. The van der Waals surface area contributed by atoms with Gasteiger partial charge in [0, 0.05) is 23.9 Å². The van der Waals surface area contributed by atoms with Crippen LogP contribution in [0.3, 0.4) is 0 Å². The number of hydrogen-bond donors (Lipinski definition) is 1. The van der Waals surface area contributed by atoms with E-state index in [2.05, 4.69) is 5.32 Å². The second-order valence-corrected chi connectivity index (χ2v) is 6.59. The van der Waals surface area contributed by atoms with Crippen molar-refractivity contribution < 1.29 is 14.2 Å². The maximum Gasteiger partial charge on any atom is 0.122 e. The first-order valence-electron chi connectivity index (χ1n) is 8.68. The zero-order valence-corrected chi connectivity index (χ0v) is 15.2. The van der Waals surface area contributed by atoms with Gasteiger partial charge in [-0.05, 0) is 67.8 Å². The standard InChI is InChI=1S/C20H24ClNO3/c1-15-13-16(21)4-9-20(15)24-12-10-22-17-5-7-18(8-6-17)25-14-19-3-2-11-23-19/h4-9,13,19,22H,2-3,10-12,14H2,1H3. The van der Waals surface area contributed by atoms with Gasteiger partial charge >= 0.3 is 0 Å². The molecule has 1 fully saturated rings. The summed E-state index contributed by atoms with van der Waals surface area (Å²) in [5.74, 6) is 1.73. The molecule has 1 aliphatic rings. The smallest absolute Gasteiger partial charge is 0.122 e. The molecule has 2 aromatic rings. The number of ether oxygens (including phenoxy) is 3. The van der Waals surface area contributed by atoms with Crippen molar-refractivity contribution in [2.45, 2.75) is 25.9 Å². The number of nitrogens with one attached hydrogen (secondary N) is 1. The lowest BCUT2D eigenvalue weighted by Crippen LogP contribution is -2.16. The largest absolute Gasteiger partial charge is 0.491 e. The van der Waals surface area contributed by atoms with Crippen molar-refractivity contribution in [1.82, 2.24) is 0 Å². The Morgan fingerprint density at radius 1 is 1.16 bits per heavy atom. The van der Waals surface area contributed by atoms with Crippen LogP contribution in [0.25, 0.3) is 0 Å². The summed E-state index contributed by atoms with van der Waals surface area (Å²) in [7, 11) is 0. The van der Waals surface area contributed by atoms with Gasteiger partial charge in [0.25, 0.3) is 0 Å². The van der Waals surface area contributed by atoms with E-state index in [4.69, 9.17) is 25.8 Å². The van der Waals surface area contributed by atoms with Gasteiger partial charge in [0.15, 0.2) is 0 Å². The first-order chi connectivity index (χ1) is 12.2. The monoisotopic (exact) mass is 361 g/mol. The number of aryl methyl sites for hydroxylation is 1. The summed E-state index contributed by atoms with van der Waals surface area (Å²) in [6.07, 6.45) is 2.47. The summed E-state index contributed by atoms with van der Waals surface area (Å²) in [5.41, 5.74) is 2.08. The van der Waals surface area contributed by atoms with E-state index in [1.807, 2.05) is 49.4 Å². The van der Waals surface area contributed by atoms with E-state index in [0.717, 1.165) is 53.8 Å². The second kappa shape index (κ2) is 8.97. The van der Waals surface area contributed by atoms with Gasteiger partial charge in [-0.25, -0.2) is 0 Å². The van der Waals surface area contributed by atoms with Crippen molar-refractivity contribution in [3.8, 4) is 11.5 Å². The molecule has 0 aliphatic carbocycles. The predicted molar refractivity (Wildman–Crippen MR) is 101 cm³/mol. The van der Waals surface area contributed by atoms with Crippen LogP contribution in [-0.2, 0) is 4.74 Å². The van der Waals surface area contributed by atoms with Gasteiger partial charge in [-0.15, -0.1) is 0 Å². The third kappa shape index (κ3) is 5.55. The Kier molecular flexibility index (Phi) is 6.42. The zero-order valence-electron chi connectivity index (χ0n) is 14.5. The lowest BCUT2D eigenvalue weighted by atomic mass is 10.2. The lowest BCUT2D eigenvalue weighted by molar-refractivity contribution is 0.0679. The van der Waals surface area contributed by atoms with Crippen molar-refractivity contribution in [2.24, 2.45) is 0 Å². The molecule has 0 radical (unpaired) electrons. The molecule has 2 aromatic carbocycles. The van der Waals surface area contributed by atoms with Crippen LogP contribution in [0.15, 0.2) is 42.5 Å². The summed E-state index contributed by atoms with van der Waals surface area (Å²) in [4.78, 5) is 0. The molecule has 25 heavy (non-hydrogen) atoms. The molecule has 1 aliphatic heterocycles. The highest BCUT2D eigenvalue weighted by molar-refractivity contribution is 6.30. The molecule has 1 heterocycles. The van der Waals surface area contributed by atoms with Gasteiger partial charge < -0.3 is 19.5 Å². The van der Waals surface area contributed by atoms with Crippen LogP contribution in [-0.4, -0.2) is 32.5 Å². The molecule has 0 bridgehead atoms. The van der Waals surface area contributed by atoms with Crippen LogP contribution in [0.4, 0.5) is 5.69 Å². The minimum Gasteiger partial charge on any atom is -0.491 e. The molecular formula is C20H24ClNO3. The van der Waals surface area contributed by atoms with E-state index >= 15 is 0 Å². The minimum absolute atomic E-state index is 0.242. The minimum atomic E-state index is 0.242. The first-order valence-corrected chi connectivity index (χ1v) is 9.06. The zero-order chi connectivity index (χ0) is 17.5. The topological polar surface area (TPSA) is 39.7 Å². The van der Waals surface area contributed by atoms with Crippen molar-refractivity contribution in [2.75, 3.05) is 31.7 Å². The average Bonchev–Trinajstić information content (AvgIpc) is 3.13. The fraction of sp³-hybridized carbons (Fsp3) is 0.400. The van der Waals surface area contributed by atoms with Crippen LogP contribution in [0.1, 0.15) is 18.4 Å².